The molecule has 23 heavy (non-hydrogen) atoms. The van der Waals surface area contributed by atoms with Crippen LogP contribution in [0.1, 0.15) is 29.3 Å². The van der Waals surface area contributed by atoms with Crippen LogP contribution in [-0.2, 0) is 11.2 Å². The average Bonchev–Trinajstić information content (AvgIpc) is 2.58. The lowest BCUT2D eigenvalue weighted by Gasteiger charge is -2.11. The predicted octanol–water partition coefficient (Wildman–Crippen LogP) is 1.18. The lowest BCUT2D eigenvalue weighted by molar-refractivity contribution is 0.0963. The van der Waals surface area contributed by atoms with E-state index in [1.165, 1.54) is 0 Å². The molecule has 1 aromatic carbocycles. The van der Waals surface area contributed by atoms with Crippen molar-refractivity contribution >= 4 is 11.9 Å². The molecule has 0 heterocycles. The van der Waals surface area contributed by atoms with Gasteiger partial charge in [-0.25, -0.2) is 0 Å². The van der Waals surface area contributed by atoms with Crippen molar-refractivity contribution in [3.63, 3.8) is 0 Å². The van der Waals surface area contributed by atoms with Gasteiger partial charge in [0.1, 0.15) is 0 Å². The highest BCUT2D eigenvalue weighted by Crippen LogP contribution is 2.05. The standard InChI is InChI=1S/C17H28N4O2/c1-4-19-17(20-10-6-12-23-3)21-11-9-14-7-5-8-15(13-14)16(22)18-2/h5,7-8,13H,4,6,9-12H2,1-3H3,(H,18,22)(H2,19,20,21). The number of ether oxygens (including phenoxy) is 1. The highest BCUT2D eigenvalue weighted by Gasteiger charge is 2.04. The fourth-order valence-electron chi connectivity index (χ4n) is 2.08. The first kappa shape index (κ1) is 19.0. The van der Waals surface area contributed by atoms with Crippen LogP contribution in [0.4, 0.5) is 0 Å². The first-order valence-electron chi connectivity index (χ1n) is 8.03. The first-order valence-corrected chi connectivity index (χ1v) is 8.03. The number of benzene rings is 1. The number of amides is 1. The molecular formula is C17H28N4O2. The SMILES string of the molecule is CCNC(=NCCCOC)NCCc1cccc(C(=O)NC)c1. The average molecular weight is 320 g/mol. The molecular weight excluding hydrogens is 292 g/mol. The molecule has 0 fully saturated rings. The molecule has 0 aliphatic heterocycles. The molecule has 6 nitrogen and oxygen atoms in total. The summed E-state index contributed by atoms with van der Waals surface area (Å²) in [5.74, 6) is 0.749. The Morgan fingerprint density at radius 3 is 2.83 bits per heavy atom. The van der Waals surface area contributed by atoms with E-state index in [4.69, 9.17) is 4.74 Å². The molecule has 0 saturated carbocycles. The molecule has 0 unspecified atom stereocenters. The van der Waals surface area contributed by atoms with Gasteiger partial charge in [0, 0.05) is 46.0 Å². The third-order valence-corrected chi connectivity index (χ3v) is 3.24. The van der Waals surface area contributed by atoms with E-state index in [-0.39, 0.29) is 5.91 Å². The van der Waals surface area contributed by atoms with Crippen LogP contribution in [0, 0.1) is 0 Å². The number of nitrogens with zero attached hydrogens (tertiary/aromatic N) is 1. The van der Waals surface area contributed by atoms with Crippen LogP contribution >= 0.6 is 0 Å². The molecule has 6 heteroatoms. The minimum Gasteiger partial charge on any atom is -0.385 e. The van der Waals surface area contributed by atoms with Gasteiger partial charge in [0.25, 0.3) is 5.91 Å². The van der Waals surface area contributed by atoms with Crippen LogP contribution in [-0.4, -0.2) is 52.3 Å². The lowest BCUT2D eigenvalue weighted by Crippen LogP contribution is -2.38. The minimum absolute atomic E-state index is 0.0622. The summed E-state index contributed by atoms with van der Waals surface area (Å²) in [5.41, 5.74) is 1.80. The number of aliphatic imine (C=N–C) groups is 1. The fraction of sp³-hybridized carbons (Fsp3) is 0.529. The maximum Gasteiger partial charge on any atom is 0.251 e. The number of methoxy groups -OCH3 is 1. The minimum atomic E-state index is -0.0622. The molecule has 128 valence electrons. The summed E-state index contributed by atoms with van der Waals surface area (Å²) in [6.07, 6.45) is 1.73. The Bertz CT molecular complexity index is 503. The maximum absolute atomic E-state index is 11.6. The zero-order valence-electron chi connectivity index (χ0n) is 14.3. The topological polar surface area (TPSA) is 74.8 Å². The van der Waals surface area contributed by atoms with Gasteiger partial charge in [-0.15, -0.1) is 0 Å². The van der Waals surface area contributed by atoms with E-state index in [1.54, 1.807) is 14.2 Å². The van der Waals surface area contributed by atoms with Crippen molar-refractivity contribution in [3.05, 3.63) is 35.4 Å². The van der Waals surface area contributed by atoms with Gasteiger partial charge in [0.05, 0.1) is 0 Å². The van der Waals surface area contributed by atoms with Crippen LogP contribution in [0.15, 0.2) is 29.3 Å². The largest absolute Gasteiger partial charge is 0.385 e. The Labute approximate surface area is 138 Å². The summed E-state index contributed by atoms with van der Waals surface area (Å²) in [5, 5.41) is 9.16. The Balaban J connectivity index is 2.47. The smallest absolute Gasteiger partial charge is 0.251 e. The van der Waals surface area contributed by atoms with E-state index in [0.717, 1.165) is 50.6 Å². The third-order valence-electron chi connectivity index (χ3n) is 3.24. The van der Waals surface area contributed by atoms with E-state index in [2.05, 4.69) is 20.9 Å². The molecule has 0 aliphatic rings. The van der Waals surface area contributed by atoms with E-state index in [9.17, 15) is 4.79 Å². The van der Waals surface area contributed by atoms with Gasteiger partial charge < -0.3 is 20.7 Å². The fourth-order valence-corrected chi connectivity index (χ4v) is 2.08. The van der Waals surface area contributed by atoms with Gasteiger partial charge in [-0.3, -0.25) is 9.79 Å². The first-order chi connectivity index (χ1) is 11.2. The Kier molecular flexibility index (Phi) is 9.47. The second-order valence-corrected chi connectivity index (χ2v) is 5.06. The van der Waals surface area contributed by atoms with Crippen LogP contribution < -0.4 is 16.0 Å². The van der Waals surface area contributed by atoms with Gasteiger partial charge in [-0.2, -0.15) is 0 Å². The number of nitrogens with one attached hydrogen (secondary N) is 3. The molecule has 1 amide bonds. The number of carbonyl (C=O) groups excluding carboxylic acids is 1. The molecule has 0 aromatic heterocycles. The monoisotopic (exact) mass is 320 g/mol. The number of rotatable bonds is 9. The molecule has 0 aliphatic carbocycles. The highest BCUT2D eigenvalue weighted by atomic mass is 16.5. The summed E-state index contributed by atoms with van der Waals surface area (Å²) >= 11 is 0. The quantitative estimate of drug-likeness (QED) is 0.363. The van der Waals surface area contributed by atoms with Gasteiger partial charge >= 0.3 is 0 Å². The van der Waals surface area contributed by atoms with Crippen molar-refractivity contribution in [1.82, 2.24) is 16.0 Å². The van der Waals surface area contributed by atoms with Gasteiger partial charge in [0.15, 0.2) is 5.96 Å². The highest BCUT2D eigenvalue weighted by molar-refractivity contribution is 5.94. The van der Waals surface area contributed by atoms with Crippen molar-refractivity contribution in [2.24, 2.45) is 4.99 Å². The van der Waals surface area contributed by atoms with Crippen LogP contribution in [0.2, 0.25) is 0 Å². The zero-order chi connectivity index (χ0) is 16.9. The van der Waals surface area contributed by atoms with E-state index < -0.39 is 0 Å². The second-order valence-electron chi connectivity index (χ2n) is 5.06. The second kappa shape index (κ2) is 11.5. The molecule has 1 rings (SSSR count). The maximum atomic E-state index is 11.6. The Hall–Kier alpha value is -2.08. The number of carbonyl (C=O) groups is 1. The predicted molar refractivity (Wildman–Crippen MR) is 94.0 cm³/mol. The number of hydrogen-bond donors (Lipinski definition) is 3. The summed E-state index contributed by atoms with van der Waals surface area (Å²) in [7, 11) is 3.33. The normalized spacial score (nSPS) is 11.2. The van der Waals surface area contributed by atoms with Crippen molar-refractivity contribution in [3.8, 4) is 0 Å². The summed E-state index contributed by atoms with van der Waals surface area (Å²) in [4.78, 5) is 16.1. The van der Waals surface area contributed by atoms with E-state index in [0.29, 0.717) is 5.56 Å². The van der Waals surface area contributed by atoms with Crippen LogP contribution in [0.5, 0.6) is 0 Å². The summed E-state index contributed by atoms with van der Waals surface area (Å²) in [6.45, 7) is 5.07. The lowest BCUT2D eigenvalue weighted by atomic mass is 10.1. The molecule has 0 saturated heterocycles. The molecule has 0 radical (unpaired) electrons. The summed E-state index contributed by atoms with van der Waals surface area (Å²) < 4.78 is 5.02. The molecule has 0 atom stereocenters. The number of hydrogen-bond acceptors (Lipinski definition) is 3. The van der Waals surface area contributed by atoms with E-state index in [1.807, 2.05) is 31.2 Å². The van der Waals surface area contributed by atoms with Crippen molar-refractivity contribution < 1.29 is 9.53 Å². The van der Waals surface area contributed by atoms with Crippen molar-refractivity contribution in [2.75, 3.05) is 40.4 Å². The van der Waals surface area contributed by atoms with Crippen molar-refractivity contribution in [2.45, 2.75) is 19.8 Å². The third kappa shape index (κ3) is 7.65. The molecule has 0 spiro atoms. The van der Waals surface area contributed by atoms with Gasteiger partial charge in [0.2, 0.25) is 0 Å². The molecule has 1 aromatic rings. The van der Waals surface area contributed by atoms with Gasteiger partial charge in [-0.05, 0) is 37.5 Å². The van der Waals surface area contributed by atoms with Gasteiger partial charge in [-0.1, -0.05) is 12.1 Å². The summed E-state index contributed by atoms with van der Waals surface area (Å²) in [6, 6.07) is 7.67. The molecule has 3 N–H and O–H groups in total. The number of guanidine groups is 1. The Morgan fingerprint density at radius 1 is 1.30 bits per heavy atom. The van der Waals surface area contributed by atoms with Crippen LogP contribution in [0.3, 0.4) is 0 Å². The van der Waals surface area contributed by atoms with Crippen molar-refractivity contribution in [1.29, 1.82) is 0 Å². The Morgan fingerprint density at radius 2 is 2.13 bits per heavy atom. The zero-order valence-corrected chi connectivity index (χ0v) is 14.3. The molecule has 0 bridgehead atoms. The van der Waals surface area contributed by atoms with E-state index >= 15 is 0 Å². The van der Waals surface area contributed by atoms with Crippen LogP contribution in [0.25, 0.3) is 0 Å².